The topological polar surface area (TPSA) is 148 Å². The third-order valence-corrected chi connectivity index (χ3v) is 5.28. The predicted molar refractivity (Wildman–Crippen MR) is 102 cm³/mol. The van der Waals surface area contributed by atoms with E-state index in [0.717, 1.165) is 18.5 Å². The fourth-order valence-electron chi connectivity index (χ4n) is 3.34. The molecule has 1 aromatic heterocycles. The van der Waals surface area contributed by atoms with Crippen LogP contribution in [0.15, 0.2) is 42.7 Å². The third kappa shape index (κ3) is 5.69. The molecule has 1 aromatic carbocycles. The van der Waals surface area contributed by atoms with E-state index in [0.29, 0.717) is 12.2 Å². The van der Waals surface area contributed by atoms with Gasteiger partial charge in [-0.15, -0.1) is 0 Å². The molecule has 2 aromatic rings. The fourth-order valence-corrected chi connectivity index (χ4v) is 3.70. The monoisotopic (exact) mass is 408 g/mol. The molecule has 4 atom stereocenters. The number of rotatable bonds is 8. The lowest BCUT2D eigenvalue weighted by Crippen LogP contribution is -2.36. The van der Waals surface area contributed by atoms with E-state index < -0.39 is 34.5 Å². The van der Waals surface area contributed by atoms with Crippen molar-refractivity contribution in [2.24, 2.45) is 11.1 Å². The van der Waals surface area contributed by atoms with E-state index in [1.165, 1.54) is 11.9 Å². The van der Waals surface area contributed by atoms with E-state index in [2.05, 4.69) is 31.6 Å². The van der Waals surface area contributed by atoms with Crippen molar-refractivity contribution >= 4 is 16.1 Å². The van der Waals surface area contributed by atoms with Crippen LogP contribution in [-0.2, 0) is 27.3 Å². The van der Waals surface area contributed by atoms with Crippen molar-refractivity contribution in [2.45, 2.75) is 37.5 Å². The van der Waals surface area contributed by atoms with Crippen molar-refractivity contribution in [1.82, 2.24) is 9.97 Å². The number of aliphatic hydroxyl groups is 2. The summed E-state index contributed by atoms with van der Waals surface area (Å²) >= 11 is 0. The highest BCUT2D eigenvalue weighted by Gasteiger charge is 2.42. The van der Waals surface area contributed by atoms with Gasteiger partial charge in [0.05, 0.1) is 18.8 Å². The highest BCUT2D eigenvalue weighted by molar-refractivity contribution is 7.84. The molecule has 1 aliphatic carbocycles. The summed E-state index contributed by atoms with van der Waals surface area (Å²) in [6, 6.07) is 11.4. The van der Waals surface area contributed by atoms with Gasteiger partial charge >= 0.3 is 10.3 Å². The number of aryl methyl sites for hydroxylation is 2. The third-order valence-electron chi connectivity index (χ3n) is 4.82. The molecule has 3 rings (SSSR count). The molecule has 0 unspecified atom stereocenters. The zero-order valence-corrected chi connectivity index (χ0v) is 16.0. The molecular weight excluding hydrogens is 384 g/mol. The van der Waals surface area contributed by atoms with E-state index in [4.69, 9.17) is 5.14 Å². The number of aliphatic hydroxyl groups excluding tert-OH is 2. The summed E-state index contributed by atoms with van der Waals surface area (Å²) in [6.45, 7) is -0.290. The molecule has 0 spiro atoms. The van der Waals surface area contributed by atoms with Gasteiger partial charge in [0.25, 0.3) is 0 Å². The highest BCUT2D eigenvalue weighted by atomic mass is 32.2. The predicted octanol–water partition coefficient (Wildman–Crippen LogP) is 0.00410. The molecule has 5 N–H and O–H groups in total. The van der Waals surface area contributed by atoms with Crippen molar-refractivity contribution in [2.75, 3.05) is 11.9 Å². The molecule has 0 radical (unpaired) electrons. The summed E-state index contributed by atoms with van der Waals surface area (Å²) in [7, 11) is -4.10. The summed E-state index contributed by atoms with van der Waals surface area (Å²) in [6.07, 6.45) is 1.12. The Morgan fingerprint density at radius 3 is 2.61 bits per heavy atom. The number of nitrogens with one attached hydrogen (secondary N) is 1. The summed E-state index contributed by atoms with van der Waals surface area (Å²) in [4.78, 5) is 8.44. The molecule has 0 bridgehead atoms. The summed E-state index contributed by atoms with van der Waals surface area (Å²) < 4.78 is 26.4. The van der Waals surface area contributed by atoms with Crippen LogP contribution in [0.1, 0.15) is 17.7 Å². The van der Waals surface area contributed by atoms with Crippen LogP contribution in [0.3, 0.4) is 0 Å². The molecular formula is C18H24N4O5S. The fraction of sp³-hybridized carbons (Fsp3) is 0.444. The van der Waals surface area contributed by atoms with E-state index in [1.54, 1.807) is 6.07 Å². The number of nitrogens with zero attached hydrogens (tertiary/aromatic N) is 2. The Kier molecular flexibility index (Phi) is 6.57. The Bertz CT molecular complexity index is 881. The van der Waals surface area contributed by atoms with Gasteiger partial charge in [-0.1, -0.05) is 30.3 Å². The van der Waals surface area contributed by atoms with Gasteiger partial charge in [0.1, 0.15) is 18.2 Å². The molecule has 1 heterocycles. The normalized spacial score (nSPS) is 25.0. The Balaban J connectivity index is 1.58. The molecule has 10 heteroatoms. The molecule has 152 valence electrons. The van der Waals surface area contributed by atoms with E-state index in [1.807, 2.05) is 18.2 Å². The van der Waals surface area contributed by atoms with Gasteiger partial charge in [0, 0.05) is 17.7 Å². The molecule has 9 nitrogen and oxygen atoms in total. The summed E-state index contributed by atoms with van der Waals surface area (Å²) in [5.74, 6) is -0.0347. The minimum absolute atomic E-state index is 0.290. The number of anilines is 1. The van der Waals surface area contributed by atoms with Crippen molar-refractivity contribution < 1.29 is 22.8 Å². The van der Waals surface area contributed by atoms with Crippen molar-refractivity contribution in [3.63, 3.8) is 0 Å². The van der Waals surface area contributed by atoms with Crippen LogP contribution in [0.4, 0.5) is 5.82 Å². The van der Waals surface area contributed by atoms with Crippen LogP contribution >= 0.6 is 0 Å². The maximum atomic E-state index is 10.9. The van der Waals surface area contributed by atoms with Gasteiger partial charge in [-0.3, -0.25) is 4.18 Å². The van der Waals surface area contributed by atoms with Gasteiger partial charge < -0.3 is 15.5 Å². The second-order valence-electron chi connectivity index (χ2n) is 6.89. The van der Waals surface area contributed by atoms with Crippen LogP contribution < -0.4 is 10.5 Å². The van der Waals surface area contributed by atoms with Gasteiger partial charge in [0.2, 0.25) is 0 Å². The number of hydrogen-bond donors (Lipinski definition) is 4. The maximum absolute atomic E-state index is 10.9. The molecule has 0 saturated heterocycles. The van der Waals surface area contributed by atoms with E-state index >= 15 is 0 Å². The zero-order valence-electron chi connectivity index (χ0n) is 15.2. The standard InChI is InChI=1S/C18H24N4O5S/c19-28(25,26)27-10-13-8-15(18(24)17(13)23)22-16-9-14(20-11-21-16)7-6-12-4-2-1-3-5-12/h1-5,9,11,13,15,17-18,23-24H,6-8,10H2,(H2,19,25,26)(H,20,21,22)/t13-,15-,17-,18+/m1/s1. The minimum atomic E-state index is -4.10. The number of aromatic nitrogens is 2. The molecule has 1 saturated carbocycles. The second kappa shape index (κ2) is 8.93. The smallest absolute Gasteiger partial charge is 0.333 e. The lowest BCUT2D eigenvalue weighted by Gasteiger charge is -2.18. The molecule has 0 aliphatic heterocycles. The van der Waals surface area contributed by atoms with Gasteiger partial charge in [-0.2, -0.15) is 8.42 Å². The lowest BCUT2D eigenvalue weighted by molar-refractivity contribution is 0.00778. The van der Waals surface area contributed by atoms with Crippen LogP contribution in [0.2, 0.25) is 0 Å². The number of nitrogens with two attached hydrogens (primary N) is 1. The molecule has 1 fully saturated rings. The first-order chi connectivity index (χ1) is 13.3. The Labute approximate surface area is 163 Å². The zero-order chi connectivity index (χ0) is 20.1. The average Bonchev–Trinajstić information content (AvgIpc) is 2.93. The molecule has 0 amide bonds. The first kappa shape index (κ1) is 20.6. The quantitative estimate of drug-likeness (QED) is 0.477. The maximum Gasteiger partial charge on any atom is 0.333 e. The Hall–Kier alpha value is -2.11. The summed E-state index contributed by atoms with van der Waals surface area (Å²) in [5, 5.41) is 28.3. The molecule has 28 heavy (non-hydrogen) atoms. The van der Waals surface area contributed by atoms with E-state index in [-0.39, 0.29) is 6.61 Å². The van der Waals surface area contributed by atoms with Gasteiger partial charge in [-0.25, -0.2) is 15.1 Å². The minimum Gasteiger partial charge on any atom is -0.390 e. The first-order valence-corrected chi connectivity index (χ1v) is 10.4. The Morgan fingerprint density at radius 2 is 1.89 bits per heavy atom. The van der Waals surface area contributed by atoms with Crippen LogP contribution in [0, 0.1) is 5.92 Å². The lowest BCUT2D eigenvalue weighted by atomic mass is 10.1. The van der Waals surface area contributed by atoms with Crippen molar-refractivity contribution in [3.05, 3.63) is 54.0 Å². The SMILES string of the molecule is NS(=O)(=O)OC[C@H]1C[C@@H](Nc2cc(CCc3ccccc3)ncn2)[C@H](O)[C@@H]1O. The van der Waals surface area contributed by atoms with Crippen LogP contribution in [0.5, 0.6) is 0 Å². The first-order valence-electron chi connectivity index (χ1n) is 8.96. The largest absolute Gasteiger partial charge is 0.390 e. The van der Waals surface area contributed by atoms with E-state index in [9.17, 15) is 18.6 Å². The van der Waals surface area contributed by atoms with Crippen LogP contribution in [-0.4, -0.2) is 53.5 Å². The summed E-state index contributed by atoms with van der Waals surface area (Å²) in [5.41, 5.74) is 2.06. The van der Waals surface area contributed by atoms with Crippen LogP contribution in [0.25, 0.3) is 0 Å². The molecule has 1 aliphatic rings. The second-order valence-corrected chi connectivity index (χ2v) is 8.11. The Morgan fingerprint density at radius 1 is 1.14 bits per heavy atom. The van der Waals surface area contributed by atoms with Gasteiger partial charge in [-0.05, 0) is 24.8 Å². The number of hydrogen-bond acceptors (Lipinski definition) is 8. The van der Waals surface area contributed by atoms with Gasteiger partial charge in [0.15, 0.2) is 0 Å². The highest BCUT2D eigenvalue weighted by Crippen LogP contribution is 2.29. The van der Waals surface area contributed by atoms with Crippen molar-refractivity contribution in [3.8, 4) is 0 Å². The van der Waals surface area contributed by atoms with Crippen molar-refractivity contribution in [1.29, 1.82) is 0 Å². The number of benzene rings is 1. The average molecular weight is 408 g/mol.